The van der Waals surface area contributed by atoms with Crippen LogP contribution < -0.4 is 10.5 Å². The summed E-state index contributed by atoms with van der Waals surface area (Å²) in [5, 5.41) is 0.539. The largest absolute Gasteiger partial charge is 0.435 e. The van der Waals surface area contributed by atoms with Crippen LogP contribution >= 0.6 is 0 Å². The van der Waals surface area contributed by atoms with E-state index in [1.807, 2.05) is 17.9 Å². The maximum Gasteiger partial charge on any atom is 0.435 e. The van der Waals surface area contributed by atoms with Crippen LogP contribution in [0.2, 0.25) is 0 Å². The van der Waals surface area contributed by atoms with Crippen molar-refractivity contribution in [1.82, 2.24) is 24.5 Å². The lowest BCUT2D eigenvalue weighted by atomic mass is 9.89. The molecular formula is C25H22F4N6O. The monoisotopic (exact) mass is 498 g/mol. The summed E-state index contributed by atoms with van der Waals surface area (Å²) in [6.07, 6.45) is 1.36. The molecule has 0 spiro atoms. The van der Waals surface area contributed by atoms with Crippen LogP contribution in [0.4, 0.5) is 23.2 Å². The molecule has 5 rings (SSSR count). The first-order valence-electron chi connectivity index (χ1n) is 11.4. The van der Waals surface area contributed by atoms with Crippen molar-refractivity contribution >= 4 is 16.7 Å². The minimum atomic E-state index is -4.72. The second-order valence-corrected chi connectivity index (χ2v) is 8.81. The van der Waals surface area contributed by atoms with Crippen molar-refractivity contribution in [2.24, 2.45) is 0 Å². The maximum atomic E-state index is 14.5. The Labute approximate surface area is 203 Å². The minimum Gasteiger partial charge on any atom is -0.369 e. The van der Waals surface area contributed by atoms with E-state index in [0.717, 1.165) is 18.0 Å². The van der Waals surface area contributed by atoms with E-state index in [1.165, 1.54) is 23.2 Å². The molecule has 7 nitrogen and oxygen atoms in total. The zero-order valence-electron chi connectivity index (χ0n) is 19.3. The summed E-state index contributed by atoms with van der Waals surface area (Å²) in [5.41, 5.74) is 0.148. The molecule has 1 fully saturated rings. The molecule has 0 unspecified atom stereocenters. The average molecular weight is 498 g/mol. The highest BCUT2D eigenvalue weighted by Gasteiger charge is 2.36. The third kappa shape index (κ3) is 4.40. The molecule has 0 radical (unpaired) electrons. The molecule has 36 heavy (non-hydrogen) atoms. The Balaban J connectivity index is 1.51. The highest BCUT2D eigenvalue weighted by Crippen LogP contribution is 2.33. The molecule has 4 heterocycles. The molecule has 0 amide bonds. The fraction of sp³-hybridized carbons (Fsp3) is 0.320. The third-order valence-corrected chi connectivity index (χ3v) is 6.57. The lowest BCUT2D eigenvalue weighted by Crippen LogP contribution is -2.36. The molecule has 0 aliphatic carbocycles. The number of aryl methyl sites for hydroxylation is 1. The summed E-state index contributed by atoms with van der Waals surface area (Å²) in [4.78, 5) is 31.1. The fourth-order valence-corrected chi connectivity index (χ4v) is 4.89. The number of fused-ring (bicyclic) bond motifs is 1. The first-order chi connectivity index (χ1) is 17.2. The van der Waals surface area contributed by atoms with E-state index in [1.54, 1.807) is 12.1 Å². The number of nitrogens with zero attached hydrogens (tertiary/aromatic N) is 6. The molecule has 0 bridgehead atoms. The van der Waals surface area contributed by atoms with Gasteiger partial charge in [0.2, 0.25) is 0 Å². The van der Waals surface area contributed by atoms with Gasteiger partial charge in [-0.15, -0.1) is 0 Å². The predicted molar refractivity (Wildman–Crippen MR) is 125 cm³/mol. The zero-order chi connectivity index (χ0) is 25.4. The van der Waals surface area contributed by atoms with E-state index in [-0.39, 0.29) is 23.1 Å². The Kier molecular flexibility index (Phi) is 6.15. The van der Waals surface area contributed by atoms with Gasteiger partial charge in [-0.05, 0) is 43.4 Å². The van der Waals surface area contributed by atoms with Gasteiger partial charge in [-0.25, -0.2) is 19.3 Å². The van der Waals surface area contributed by atoms with Gasteiger partial charge in [0.05, 0.1) is 17.9 Å². The Morgan fingerprint density at radius 1 is 1.08 bits per heavy atom. The highest BCUT2D eigenvalue weighted by molar-refractivity contribution is 5.74. The summed E-state index contributed by atoms with van der Waals surface area (Å²) in [6.45, 7) is 2.50. The number of hydrogen-bond donors (Lipinski definition) is 0. The van der Waals surface area contributed by atoms with Crippen molar-refractivity contribution in [2.45, 2.75) is 38.4 Å². The van der Waals surface area contributed by atoms with Gasteiger partial charge >= 0.3 is 6.18 Å². The van der Waals surface area contributed by atoms with Crippen molar-refractivity contribution < 1.29 is 17.6 Å². The summed E-state index contributed by atoms with van der Waals surface area (Å²) < 4.78 is 56.2. The van der Waals surface area contributed by atoms with Gasteiger partial charge in [0, 0.05) is 42.6 Å². The number of alkyl halides is 3. The van der Waals surface area contributed by atoms with Gasteiger partial charge in [-0.1, -0.05) is 12.1 Å². The van der Waals surface area contributed by atoms with Crippen molar-refractivity contribution in [1.29, 1.82) is 0 Å². The molecule has 3 aromatic heterocycles. The van der Waals surface area contributed by atoms with Crippen LogP contribution in [0.3, 0.4) is 0 Å². The number of anilines is 1. The lowest BCUT2D eigenvalue weighted by Gasteiger charge is -2.34. The average Bonchev–Trinajstić information content (AvgIpc) is 2.86. The van der Waals surface area contributed by atoms with Crippen LogP contribution in [0.1, 0.15) is 41.3 Å². The van der Waals surface area contributed by atoms with Gasteiger partial charge in [0.25, 0.3) is 5.56 Å². The Hall–Kier alpha value is -3.89. The molecule has 186 valence electrons. The second-order valence-electron chi connectivity index (χ2n) is 8.81. The molecule has 11 heteroatoms. The maximum absolute atomic E-state index is 14.5. The summed E-state index contributed by atoms with van der Waals surface area (Å²) in [6, 6.07) is 6.66. The topological polar surface area (TPSA) is 76.8 Å². The number of halogens is 4. The first kappa shape index (κ1) is 23.8. The van der Waals surface area contributed by atoms with E-state index in [9.17, 15) is 22.4 Å². The molecular weight excluding hydrogens is 476 g/mol. The molecule has 4 aromatic rings. The van der Waals surface area contributed by atoms with Crippen molar-refractivity contribution in [2.75, 3.05) is 18.0 Å². The number of hydrogen-bond acceptors (Lipinski definition) is 6. The van der Waals surface area contributed by atoms with Gasteiger partial charge < -0.3 is 4.90 Å². The van der Waals surface area contributed by atoms with E-state index >= 15 is 0 Å². The number of pyridine rings is 1. The van der Waals surface area contributed by atoms with E-state index in [0.29, 0.717) is 42.6 Å². The molecule has 0 atom stereocenters. The van der Waals surface area contributed by atoms with Gasteiger partial charge in [-0.3, -0.25) is 14.3 Å². The normalized spacial score (nSPS) is 15.0. The number of aromatic nitrogens is 5. The molecule has 0 saturated carbocycles. The second kappa shape index (κ2) is 9.29. The van der Waals surface area contributed by atoms with Crippen LogP contribution in [-0.2, 0) is 12.7 Å². The van der Waals surface area contributed by atoms with Crippen LogP contribution in [-0.4, -0.2) is 37.6 Å². The molecule has 1 aliphatic rings. The smallest absolute Gasteiger partial charge is 0.369 e. The van der Waals surface area contributed by atoms with Crippen molar-refractivity contribution in [3.8, 4) is 0 Å². The molecule has 1 aromatic carbocycles. The van der Waals surface area contributed by atoms with E-state index in [2.05, 4.69) is 19.9 Å². The number of para-hydroxylation sites is 1. The number of piperidine rings is 1. The van der Waals surface area contributed by atoms with Gasteiger partial charge in [-0.2, -0.15) is 13.2 Å². The molecule has 0 N–H and O–H groups in total. The quantitative estimate of drug-likeness (QED) is 0.386. The highest BCUT2D eigenvalue weighted by atomic mass is 19.4. The standard InChI is InChI=1S/C25H22F4N6O/c1-15-3-2-4-19(26)21(15)34-9-5-16(6-10-34)18-11-17-12-30-14-33-23(17)35(24(18)36)13-20-22(25(27,28)29)32-8-7-31-20/h2-4,7-8,11-12,14,16H,5-6,9-10,13H2,1H3. The fourth-order valence-electron chi connectivity index (χ4n) is 4.89. The number of rotatable bonds is 4. The van der Waals surface area contributed by atoms with Crippen LogP contribution in [0.25, 0.3) is 11.0 Å². The number of benzene rings is 1. The Morgan fingerprint density at radius 3 is 2.56 bits per heavy atom. The lowest BCUT2D eigenvalue weighted by molar-refractivity contribution is -0.142. The molecule has 1 saturated heterocycles. The van der Waals surface area contributed by atoms with Gasteiger partial charge in [0.1, 0.15) is 17.8 Å². The zero-order valence-corrected chi connectivity index (χ0v) is 19.3. The van der Waals surface area contributed by atoms with Crippen molar-refractivity contribution in [3.05, 3.63) is 87.9 Å². The first-order valence-corrected chi connectivity index (χ1v) is 11.4. The van der Waals surface area contributed by atoms with E-state index in [4.69, 9.17) is 0 Å². The summed E-state index contributed by atoms with van der Waals surface area (Å²) in [5.74, 6) is -0.441. The van der Waals surface area contributed by atoms with Crippen LogP contribution in [0, 0.1) is 12.7 Å². The summed E-state index contributed by atoms with van der Waals surface area (Å²) >= 11 is 0. The van der Waals surface area contributed by atoms with E-state index < -0.39 is 24.0 Å². The van der Waals surface area contributed by atoms with Crippen LogP contribution in [0.5, 0.6) is 0 Å². The van der Waals surface area contributed by atoms with Crippen LogP contribution in [0.15, 0.2) is 54.0 Å². The SMILES string of the molecule is Cc1cccc(F)c1N1CCC(c2cc3cncnc3n(Cc3nccnc3C(F)(F)F)c2=O)CC1. The van der Waals surface area contributed by atoms with Crippen molar-refractivity contribution in [3.63, 3.8) is 0 Å². The minimum absolute atomic E-state index is 0.152. The Morgan fingerprint density at radius 2 is 1.83 bits per heavy atom. The molecule has 1 aliphatic heterocycles. The predicted octanol–water partition coefficient (Wildman–Crippen LogP) is 4.48. The summed E-state index contributed by atoms with van der Waals surface area (Å²) in [7, 11) is 0. The third-order valence-electron chi connectivity index (χ3n) is 6.57. The van der Waals surface area contributed by atoms with Gasteiger partial charge in [0.15, 0.2) is 5.69 Å². The Bertz CT molecular complexity index is 1460.